The van der Waals surface area contributed by atoms with Crippen LogP contribution >= 0.6 is 0 Å². The van der Waals surface area contributed by atoms with Crippen molar-refractivity contribution in [3.05, 3.63) is 93.9 Å². The van der Waals surface area contributed by atoms with E-state index in [1.54, 1.807) is 42.5 Å². The van der Waals surface area contributed by atoms with Crippen LogP contribution < -0.4 is 0 Å². The first kappa shape index (κ1) is 24.1. The minimum atomic E-state index is -4.09. The molecule has 11 heteroatoms. The Morgan fingerprint density at radius 2 is 1.61 bits per heavy atom. The minimum Gasteiger partial charge on any atom is -0.246 e. The lowest BCUT2D eigenvalue weighted by Crippen LogP contribution is -2.14. The fraction of sp³-hybridized carbons (Fsp3) is 0.200. The molecule has 0 radical (unpaired) electrons. The van der Waals surface area contributed by atoms with Crippen molar-refractivity contribution in [2.75, 3.05) is 6.26 Å². The fourth-order valence-corrected chi connectivity index (χ4v) is 6.83. The molecule has 1 heterocycles. The number of rotatable bonds is 5. The smallest absolute Gasteiger partial charge is 0.246 e. The van der Waals surface area contributed by atoms with E-state index in [9.17, 15) is 21.2 Å². The van der Waals surface area contributed by atoms with Gasteiger partial charge in [-0.3, -0.25) is 0 Å². The third kappa shape index (κ3) is 3.85. The number of aromatic nitrogens is 1. The number of benzene rings is 3. The normalized spacial score (nSPS) is 17.6. The van der Waals surface area contributed by atoms with Gasteiger partial charge in [-0.15, -0.1) is 0 Å². The van der Waals surface area contributed by atoms with Gasteiger partial charge >= 0.3 is 0 Å². The third-order valence-corrected chi connectivity index (χ3v) is 9.33. The van der Waals surface area contributed by atoms with Crippen LogP contribution in [0.25, 0.3) is 32.6 Å². The highest BCUT2D eigenvalue weighted by Crippen LogP contribution is 2.43. The van der Waals surface area contributed by atoms with Gasteiger partial charge in [0.05, 0.1) is 27.0 Å². The molecule has 1 aliphatic carbocycles. The molecule has 8 nitrogen and oxygen atoms in total. The lowest BCUT2D eigenvalue weighted by atomic mass is 10.0. The number of alkyl halides is 1. The number of azide groups is 1. The first-order valence-corrected chi connectivity index (χ1v) is 14.3. The topological polar surface area (TPSA) is 122 Å². The van der Waals surface area contributed by atoms with Crippen molar-refractivity contribution in [1.29, 1.82) is 0 Å². The number of nitrogens with zero attached hydrogens (tertiary/aromatic N) is 4. The maximum absolute atomic E-state index is 14.8. The summed E-state index contributed by atoms with van der Waals surface area (Å²) in [6, 6.07) is 16.3. The molecule has 5 rings (SSSR count). The second-order valence-corrected chi connectivity index (χ2v) is 12.6. The first-order valence-electron chi connectivity index (χ1n) is 11.0. The molecule has 36 heavy (non-hydrogen) atoms. The van der Waals surface area contributed by atoms with E-state index in [0.717, 1.165) is 11.8 Å². The van der Waals surface area contributed by atoms with E-state index in [-0.39, 0.29) is 16.2 Å². The van der Waals surface area contributed by atoms with Gasteiger partial charge in [-0.25, -0.2) is 25.2 Å². The molecule has 0 unspecified atom stereocenters. The zero-order valence-corrected chi connectivity index (χ0v) is 21.0. The van der Waals surface area contributed by atoms with Gasteiger partial charge in [-0.1, -0.05) is 41.0 Å². The zero-order valence-electron chi connectivity index (χ0n) is 19.3. The van der Waals surface area contributed by atoms with Gasteiger partial charge < -0.3 is 0 Å². The molecule has 0 aliphatic heterocycles. The Bertz CT molecular complexity index is 1770. The van der Waals surface area contributed by atoms with Crippen LogP contribution in [0.1, 0.15) is 22.7 Å². The van der Waals surface area contributed by atoms with Crippen LogP contribution in [0.3, 0.4) is 0 Å². The van der Waals surface area contributed by atoms with Crippen LogP contribution in [-0.4, -0.2) is 33.2 Å². The van der Waals surface area contributed by atoms with Gasteiger partial charge in [0.2, 0.25) is 0 Å². The Labute approximate surface area is 207 Å². The second kappa shape index (κ2) is 8.48. The molecule has 0 N–H and O–H groups in total. The summed E-state index contributed by atoms with van der Waals surface area (Å²) in [5.41, 5.74) is 12.0. The second-order valence-electron chi connectivity index (χ2n) is 8.84. The molecule has 1 aliphatic rings. The van der Waals surface area contributed by atoms with E-state index in [2.05, 4.69) is 10.0 Å². The van der Waals surface area contributed by atoms with Crippen LogP contribution in [0, 0.1) is 6.92 Å². The number of sulfone groups is 1. The molecule has 0 spiro atoms. The van der Waals surface area contributed by atoms with E-state index in [1.165, 1.54) is 28.2 Å². The molecule has 0 saturated heterocycles. The van der Waals surface area contributed by atoms with E-state index in [4.69, 9.17) is 5.53 Å². The molecule has 2 atom stereocenters. The Hall–Kier alpha value is -3.66. The van der Waals surface area contributed by atoms with E-state index >= 15 is 0 Å². The average Bonchev–Trinajstić information content (AvgIpc) is 3.38. The predicted octanol–water partition coefficient (Wildman–Crippen LogP) is 5.50. The van der Waals surface area contributed by atoms with Crippen molar-refractivity contribution in [1.82, 2.24) is 3.97 Å². The van der Waals surface area contributed by atoms with Gasteiger partial charge in [0, 0.05) is 23.0 Å². The number of hydrogen-bond acceptors (Lipinski definition) is 5. The van der Waals surface area contributed by atoms with Gasteiger partial charge in [-0.05, 0) is 65.5 Å². The average molecular weight is 525 g/mol. The summed E-state index contributed by atoms with van der Waals surface area (Å²) in [6.07, 6.45) is -0.342. The molecular weight excluding hydrogens is 503 g/mol. The van der Waals surface area contributed by atoms with Gasteiger partial charge in [0.15, 0.2) is 9.84 Å². The molecule has 0 amide bonds. The van der Waals surface area contributed by atoms with Crippen LogP contribution in [-0.2, 0) is 26.3 Å². The predicted molar refractivity (Wildman–Crippen MR) is 135 cm³/mol. The Balaban J connectivity index is 1.81. The number of hydrogen-bond donors (Lipinski definition) is 0. The van der Waals surface area contributed by atoms with Crippen LogP contribution in [0.2, 0.25) is 0 Å². The summed E-state index contributed by atoms with van der Waals surface area (Å²) in [7, 11) is -7.53. The standard InChI is InChI=1S/C25H21FN4O4S2/c1-15-3-7-18(8-4-15)36(33,34)30-23-12-11-19-20(13-22(26)25(19)28-29-27)21(23)14-24(30)16-5-9-17(10-6-16)35(2,31)32/h3-12,14,22,25H,13H2,1-2H3/t22-,25+/m0/s1. The zero-order chi connectivity index (χ0) is 25.8. The molecule has 0 saturated carbocycles. The number of fused-ring (bicyclic) bond motifs is 3. The van der Waals surface area contributed by atoms with Gasteiger partial charge in [-0.2, -0.15) is 0 Å². The summed E-state index contributed by atoms with van der Waals surface area (Å²) in [5, 5.41) is 4.13. The molecule has 1 aromatic heterocycles. The van der Waals surface area contributed by atoms with Gasteiger partial charge in [0.1, 0.15) is 6.17 Å². The van der Waals surface area contributed by atoms with Crippen molar-refractivity contribution in [2.24, 2.45) is 5.11 Å². The Kier molecular flexibility index (Phi) is 5.66. The highest BCUT2D eigenvalue weighted by molar-refractivity contribution is 7.90. The summed E-state index contributed by atoms with van der Waals surface area (Å²) in [4.78, 5) is 2.95. The molecule has 0 fully saturated rings. The van der Waals surface area contributed by atoms with E-state index in [0.29, 0.717) is 33.3 Å². The third-order valence-electron chi connectivity index (χ3n) is 6.46. The summed E-state index contributed by atoms with van der Waals surface area (Å²) in [6.45, 7) is 1.85. The van der Waals surface area contributed by atoms with Gasteiger partial charge in [0.25, 0.3) is 10.0 Å². The lowest BCUT2D eigenvalue weighted by molar-refractivity contribution is 0.303. The molecule has 0 bridgehead atoms. The van der Waals surface area contributed by atoms with E-state index in [1.807, 2.05) is 6.92 Å². The highest BCUT2D eigenvalue weighted by atomic mass is 32.2. The van der Waals surface area contributed by atoms with Crippen LogP contribution in [0.4, 0.5) is 4.39 Å². The first-order chi connectivity index (χ1) is 17.0. The SMILES string of the molecule is Cc1ccc(S(=O)(=O)n2c(-c3ccc(S(C)(=O)=O)cc3)cc3c4c(ccc32)[C@@H](N=[N+]=[N-])[C@@H](F)C4)cc1. The highest BCUT2D eigenvalue weighted by Gasteiger charge is 2.35. The minimum absolute atomic E-state index is 0.0165. The summed E-state index contributed by atoms with van der Waals surface area (Å²) in [5.74, 6) is 0. The fourth-order valence-electron chi connectivity index (χ4n) is 4.68. The quantitative estimate of drug-likeness (QED) is 0.194. The summed E-state index contributed by atoms with van der Waals surface area (Å²) >= 11 is 0. The summed E-state index contributed by atoms with van der Waals surface area (Å²) < 4.78 is 67.6. The lowest BCUT2D eigenvalue weighted by Gasteiger charge is -2.13. The molecule has 4 aromatic rings. The largest absolute Gasteiger partial charge is 0.268 e. The molecule has 184 valence electrons. The van der Waals surface area contributed by atoms with Crippen LogP contribution in [0.5, 0.6) is 0 Å². The monoisotopic (exact) mass is 524 g/mol. The van der Waals surface area contributed by atoms with Crippen molar-refractivity contribution in [3.63, 3.8) is 0 Å². The molecular formula is C25H21FN4O4S2. The van der Waals surface area contributed by atoms with Crippen LogP contribution in [0.15, 0.2) is 81.6 Å². The number of aryl methyl sites for hydroxylation is 1. The van der Waals surface area contributed by atoms with Crippen molar-refractivity contribution in [3.8, 4) is 11.3 Å². The van der Waals surface area contributed by atoms with E-state index < -0.39 is 32.1 Å². The number of halogens is 1. The Morgan fingerprint density at radius 3 is 2.22 bits per heavy atom. The maximum atomic E-state index is 14.8. The van der Waals surface area contributed by atoms with Crippen molar-refractivity contribution in [2.45, 2.75) is 35.3 Å². The maximum Gasteiger partial charge on any atom is 0.268 e. The Morgan fingerprint density at radius 1 is 0.972 bits per heavy atom. The van der Waals surface area contributed by atoms with Crippen molar-refractivity contribution < 1.29 is 21.2 Å². The molecule has 3 aromatic carbocycles. The van der Waals surface area contributed by atoms with Crippen molar-refractivity contribution >= 4 is 30.8 Å².